The molecule has 0 saturated heterocycles. The largest absolute Gasteiger partial charge is 0.465 e. The molecular formula is C119H184N8O17. The van der Waals surface area contributed by atoms with E-state index in [9.17, 15) is 48.9 Å². The highest BCUT2D eigenvalue weighted by Crippen LogP contribution is 2.38. The van der Waals surface area contributed by atoms with Crippen LogP contribution in [0.1, 0.15) is 431 Å². The van der Waals surface area contributed by atoms with Gasteiger partial charge in [0, 0.05) is 64.2 Å². The van der Waals surface area contributed by atoms with Crippen molar-refractivity contribution in [2.24, 2.45) is 34.0 Å². The number of unbranched alkanes of at least 4 members (excludes halogenated alkanes) is 22. The Morgan fingerprint density at radius 3 is 0.688 bits per heavy atom. The Kier molecular flexibility index (Phi) is 90.7. The third kappa shape index (κ3) is 72.7. The Balaban J connectivity index is -0.000000514. The number of benzene rings is 4. The molecule has 0 fully saturated rings. The van der Waals surface area contributed by atoms with Crippen LogP contribution in [-0.2, 0) is 87.1 Å². The third-order valence-electron chi connectivity index (χ3n) is 24.7. The number of aliphatic hydroxyl groups is 1. The van der Waals surface area contributed by atoms with E-state index in [1.54, 1.807) is 6.92 Å². The van der Waals surface area contributed by atoms with Crippen molar-refractivity contribution in [3.63, 3.8) is 0 Å². The summed E-state index contributed by atoms with van der Waals surface area (Å²) in [5.41, 5.74) is 0.783. The quantitative estimate of drug-likeness (QED) is 0.0244. The Morgan fingerprint density at radius 2 is 0.479 bits per heavy atom. The second kappa shape index (κ2) is 92.6. The fourth-order valence-corrected chi connectivity index (χ4v) is 12.1. The van der Waals surface area contributed by atoms with Crippen molar-refractivity contribution in [2.45, 2.75) is 438 Å². The van der Waals surface area contributed by atoms with Gasteiger partial charge in [0.2, 0.25) is 0 Å². The molecule has 4 aromatic carbocycles. The molecule has 4 aromatic rings. The van der Waals surface area contributed by atoms with Crippen LogP contribution >= 0.6 is 0 Å². The normalized spacial score (nSPS) is 11.7. The van der Waals surface area contributed by atoms with Gasteiger partial charge in [0.05, 0.1) is 141 Å². The van der Waals surface area contributed by atoms with Crippen LogP contribution in [0.15, 0.2) is 121 Å². The van der Waals surface area contributed by atoms with E-state index in [4.69, 9.17) is 74.6 Å². The van der Waals surface area contributed by atoms with E-state index in [2.05, 4.69) is 36.4 Å². The maximum atomic E-state index is 12.2. The van der Waals surface area contributed by atoms with Crippen LogP contribution in [0.25, 0.3) is 0 Å². The van der Waals surface area contributed by atoms with Crippen LogP contribution in [0.2, 0.25) is 0 Å². The Labute approximate surface area is 869 Å². The fraction of sp³-hybridized carbons (Fsp3) is 0.664. The first kappa shape index (κ1) is 141. The molecule has 0 bridgehead atoms. The minimum absolute atomic E-state index is 0.000384. The van der Waals surface area contributed by atoms with Crippen LogP contribution < -0.4 is 0 Å². The predicted molar refractivity (Wildman–Crippen MR) is 570 cm³/mol. The zero-order valence-corrected chi connectivity index (χ0v) is 92.3. The molecule has 0 heterocycles. The van der Waals surface area contributed by atoms with Crippen LogP contribution in [-0.4, -0.2) is 111 Å². The number of rotatable bonds is 61. The molecule has 0 saturated carbocycles. The van der Waals surface area contributed by atoms with Gasteiger partial charge in [0.25, 0.3) is 0 Å². The average molecular weight is 2000 g/mol. The molecule has 6 atom stereocenters. The summed E-state index contributed by atoms with van der Waals surface area (Å²) in [4.78, 5) is 91.9. The minimum atomic E-state index is -0.834. The highest BCUT2D eigenvalue weighted by Gasteiger charge is 2.38. The minimum Gasteiger partial charge on any atom is -0.465 e. The van der Waals surface area contributed by atoms with Crippen molar-refractivity contribution in [2.75, 3.05) is 39.6 Å². The first-order valence-corrected chi connectivity index (χ1v) is 53.1. The summed E-state index contributed by atoms with van der Waals surface area (Å²) in [6, 6.07) is 56.2. The van der Waals surface area contributed by atoms with Crippen LogP contribution in [0, 0.1) is 125 Å². The SMILES string of the molecule is CCC(C)(C)C(=O)OCCC(C#N)(c1ccccc1)c1ccccc1.CCC(C)(C)C(=O)OCCCCCCC#N.CCC(C)(C)C(=O)OCCCCCCCCC#N.CCC(C)C(=O)OCCC(C#N)(c1ccccc1)c1ccccc1.CCC(C)C(=O)OCCCCCCC#N.CCC(C)C(=O)OCCCCCCCCC#N.CCC(C)O.CCC(C)OC(=O)CCCC#N.CCC(C)OC(=O)CCCC#N. The second-order valence-corrected chi connectivity index (χ2v) is 38.0. The number of nitrogens with zero attached hydrogens (tertiary/aromatic N) is 8. The molecular weight excluding hydrogens is 1810 g/mol. The molecule has 0 aliphatic carbocycles. The summed E-state index contributed by atoms with van der Waals surface area (Å²) < 4.78 is 41.6. The molecule has 25 heteroatoms. The highest BCUT2D eigenvalue weighted by atomic mass is 16.6. The maximum absolute atomic E-state index is 12.2. The molecule has 0 spiro atoms. The number of aliphatic hydroxyl groups excluding tert-OH is 1. The van der Waals surface area contributed by atoms with Gasteiger partial charge in [0.1, 0.15) is 10.8 Å². The van der Waals surface area contributed by atoms with E-state index in [-0.39, 0.29) is 108 Å². The number of hydrogen-bond donors (Lipinski definition) is 1. The fourth-order valence-electron chi connectivity index (χ4n) is 12.1. The monoisotopic (exact) mass is 2000 g/mol. The molecule has 0 aromatic heterocycles. The van der Waals surface area contributed by atoms with E-state index in [0.717, 1.165) is 176 Å². The summed E-state index contributed by atoms with van der Waals surface area (Å²) >= 11 is 0. The summed E-state index contributed by atoms with van der Waals surface area (Å²) in [6.45, 7) is 42.9. The number of nitriles is 8. The summed E-state index contributed by atoms with van der Waals surface area (Å²) in [5, 5.41) is 78.2. The zero-order chi connectivity index (χ0) is 110. The first-order chi connectivity index (χ1) is 68.8. The molecule has 0 amide bonds. The van der Waals surface area contributed by atoms with E-state index < -0.39 is 16.2 Å². The highest BCUT2D eigenvalue weighted by molar-refractivity contribution is 5.77. The van der Waals surface area contributed by atoms with E-state index >= 15 is 0 Å². The number of hydrogen-bond acceptors (Lipinski definition) is 25. The lowest BCUT2D eigenvalue weighted by Crippen LogP contribution is -2.31. The third-order valence-corrected chi connectivity index (χ3v) is 24.7. The first-order valence-electron chi connectivity index (χ1n) is 53.1. The lowest BCUT2D eigenvalue weighted by molar-refractivity contribution is -0.155. The molecule has 0 aliphatic heterocycles. The molecule has 25 nitrogen and oxygen atoms in total. The summed E-state index contributed by atoms with van der Waals surface area (Å²) in [5.74, 6) is -1.23. The van der Waals surface area contributed by atoms with Gasteiger partial charge in [-0.3, -0.25) is 38.4 Å². The molecule has 4 rings (SSSR count). The number of carbonyl (C=O) groups is 8. The standard InChI is InChI=1S/C22H25NO2.C21H23NO2.C15H27NO2.C14H25NO2.C13H23NO2.C12H21NO2.2C9H15NO2.C4H10O/c1-4-21(2,3)20(24)25-16-15-22(17-23,18-11-7-5-8-12-18)19-13-9-6-10-14-19;1-3-17(2)20(23)24-15-14-21(16-22,18-10-6-4-7-11-18)19-12-8-5-9-13-19;1-4-15(2,3)14(17)18-13-11-9-7-5-6-8-10-12-16;1-3-13(2)14(16)17-12-10-8-6-4-5-7-9-11-15;1-4-13(2,3)12(15)16-11-9-7-5-6-8-10-14;1-3-11(2)12(14)15-10-8-6-4-5-7-9-13;2*1-3-8(2)12-9(11)6-4-5-7-10;1-3-4(2)5/h5-14H,4,15-16H2,1-3H3;4-13,17H,3,14-15H2,1-2H3;4-11,13H2,1-3H3;13H,3-10,12H2,1-2H3;4-9,11H2,1-3H3;11H,3-8,10H2,1-2H3;2*8H,3-6H2,1-2H3;4-5H,3H2,1-2H3. The molecule has 6 unspecified atom stereocenters. The van der Waals surface area contributed by atoms with Crippen LogP contribution in [0.5, 0.6) is 0 Å². The van der Waals surface area contributed by atoms with Crippen molar-refractivity contribution in [1.29, 1.82) is 42.1 Å². The van der Waals surface area contributed by atoms with Gasteiger partial charge in [-0.05, 0) is 207 Å². The number of ether oxygens (including phenoxy) is 8. The molecule has 0 radical (unpaired) electrons. The lowest BCUT2D eigenvalue weighted by Gasteiger charge is -2.28. The molecule has 802 valence electrons. The molecule has 0 aliphatic rings. The van der Waals surface area contributed by atoms with Crippen molar-refractivity contribution in [1.82, 2.24) is 0 Å². The van der Waals surface area contributed by atoms with Crippen LogP contribution in [0.3, 0.4) is 0 Å². The Hall–Kier alpha value is -11.5. The second-order valence-electron chi connectivity index (χ2n) is 38.0. The summed E-state index contributed by atoms with van der Waals surface area (Å²) in [7, 11) is 0. The maximum Gasteiger partial charge on any atom is 0.311 e. The molecule has 144 heavy (non-hydrogen) atoms. The predicted octanol–water partition coefficient (Wildman–Crippen LogP) is 28.7. The average Bonchev–Trinajstić information content (AvgIpc) is 0.789. The van der Waals surface area contributed by atoms with Crippen molar-refractivity contribution >= 4 is 47.8 Å². The van der Waals surface area contributed by atoms with Gasteiger partial charge in [-0.1, -0.05) is 281 Å². The number of esters is 8. The van der Waals surface area contributed by atoms with E-state index in [0.29, 0.717) is 110 Å². The topological polar surface area (TPSA) is 421 Å². The number of carbonyl (C=O) groups excluding carboxylic acids is 8. The van der Waals surface area contributed by atoms with Gasteiger partial charge in [-0.15, -0.1) is 0 Å². The van der Waals surface area contributed by atoms with Gasteiger partial charge < -0.3 is 43.0 Å². The Bertz CT molecular complexity index is 4200. The smallest absolute Gasteiger partial charge is 0.311 e. The van der Waals surface area contributed by atoms with Crippen molar-refractivity contribution < 1.29 is 81.4 Å². The Morgan fingerprint density at radius 1 is 0.278 bits per heavy atom. The van der Waals surface area contributed by atoms with Gasteiger partial charge in [-0.25, -0.2) is 0 Å². The van der Waals surface area contributed by atoms with Crippen LogP contribution in [0.4, 0.5) is 0 Å². The zero-order valence-electron chi connectivity index (χ0n) is 92.3. The van der Waals surface area contributed by atoms with E-state index in [1.807, 2.05) is 272 Å². The van der Waals surface area contributed by atoms with Gasteiger partial charge in [-0.2, -0.15) is 42.1 Å². The van der Waals surface area contributed by atoms with Gasteiger partial charge in [0.15, 0.2) is 0 Å². The van der Waals surface area contributed by atoms with Crippen molar-refractivity contribution in [3.8, 4) is 48.6 Å². The molecule has 1 N–H and O–H groups in total. The van der Waals surface area contributed by atoms with Gasteiger partial charge >= 0.3 is 47.8 Å². The van der Waals surface area contributed by atoms with Crippen molar-refractivity contribution in [3.05, 3.63) is 144 Å². The van der Waals surface area contributed by atoms with E-state index in [1.165, 1.54) is 25.7 Å². The lowest BCUT2D eigenvalue weighted by atomic mass is 9.73. The summed E-state index contributed by atoms with van der Waals surface area (Å²) in [6.07, 6.45) is 34.4.